The summed E-state index contributed by atoms with van der Waals surface area (Å²) in [7, 11) is 0. The number of carbonyl (C=O) groups is 1. The number of ether oxygens (including phenoxy) is 2. The number of carbonyl (C=O) groups excluding carboxylic acids is 1. The molecule has 1 aromatic heterocycles. The molecule has 2 heterocycles. The van der Waals surface area contributed by atoms with Gasteiger partial charge in [-0.25, -0.2) is 17.9 Å². The Kier molecular flexibility index (Phi) is 9.56. The van der Waals surface area contributed by atoms with E-state index in [1.807, 2.05) is 12.1 Å². The lowest BCUT2D eigenvalue weighted by molar-refractivity contribution is 0.0526. The number of aromatic nitrogens is 2. The van der Waals surface area contributed by atoms with Gasteiger partial charge in [-0.05, 0) is 62.4 Å². The minimum atomic E-state index is -0.781. The third-order valence-corrected chi connectivity index (χ3v) is 8.49. The van der Waals surface area contributed by atoms with Gasteiger partial charge in [0.1, 0.15) is 17.3 Å². The quantitative estimate of drug-likeness (QED) is 0.246. The maximum atomic E-state index is 13.9. The largest absolute Gasteiger partial charge is 0.483 e. The number of rotatable bonds is 9. The van der Waals surface area contributed by atoms with Crippen molar-refractivity contribution in [2.75, 3.05) is 37.7 Å². The fourth-order valence-electron chi connectivity index (χ4n) is 5.14. The molecular weight excluding hydrogens is 550 g/mol. The molecule has 8 nitrogen and oxygen atoms in total. The minimum absolute atomic E-state index is 0.0176. The summed E-state index contributed by atoms with van der Waals surface area (Å²) in [4.78, 5) is 27.6. The predicted molar refractivity (Wildman–Crippen MR) is 155 cm³/mol. The lowest BCUT2D eigenvalue weighted by Crippen LogP contribution is -2.44. The summed E-state index contributed by atoms with van der Waals surface area (Å²) < 4.78 is 42.5. The Balaban J connectivity index is 1.28. The highest BCUT2D eigenvalue weighted by Gasteiger charge is 2.26. The van der Waals surface area contributed by atoms with E-state index in [1.54, 1.807) is 37.2 Å². The van der Waals surface area contributed by atoms with Gasteiger partial charge in [-0.2, -0.15) is 9.78 Å². The van der Waals surface area contributed by atoms with Crippen LogP contribution in [0.2, 0.25) is 0 Å². The Labute approximate surface area is 242 Å². The van der Waals surface area contributed by atoms with Crippen molar-refractivity contribution in [3.05, 3.63) is 81.8 Å². The number of anilines is 1. The second-order valence-electron chi connectivity index (χ2n) is 10.2. The van der Waals surface area contributed by atoms with Crippen LogP contribution in [0.5, 0.6) is 5.75 Å². The van der Waals surface area contributed by atoms with Crippen LogP contribution in [0, 0.1) is 11.6 Å². The summed E-state index contributed by atoms with van der Waals surface area (Å²) in [5, 5.41) is 4.28. The zero-order valence-corrected chi connectivity index (χ0v) is 23.9. The average molecular weight is 585 g/mol. The van der Waals surface area contributed by atoms with E-state index < -0.39 is 17.2 Å². The number of hydrogen-bond donors (Lipinski definition) is 0. The SMILES string of the molecule is CCOC(=O)c1ccc(CSN2CCN(c3cnn(-c4cc(F)cc(F)c4)c(=O)c3OC3CCCCC3)CC2)cc1. The minimum Gasteiger partial charge on any atom is -0.483 e. The summed E-state index contributed by atoms with van der Waals surface area (Å²) in [5.74, 6) is -0.938. The predicted octanol–water partition coefficient (Wildman–Crippen LogP) is 5.37. The molecule has 2 aromatic carbocycles. The van der Waals surface area contributed by atoms with Crippen LogP contribution >= 0.6 is 11.9 Å². The second kappa shape index (κ2) is 13.5. The highest BCUT2D eigenvalue weighted by molar-refractivity contribution is 7.96. The third kappa shape index (κ3) is 7.26. The molecular formula is C30H34F2N4O4S. The molecule has 41 heavy (non-hydrogen) atoms. The van der Waals surface area contributed by atoms with E-state index in [9.17, 15) is 18.4 Å². The van der Waals surface area contributed by atoms with Crippen LogP contribution in [0.4, 0.5) is 14.5 Å². The van der Waals surface area contributed by atoms with Gasteiger partial charge < -0.3 is 14.4 Å². The molecule has 1 saturated heterocycles. The normalized spacial score (nSPS) is 16.5. The molecule has 2 fully saturated rings. The van der Waals surface area contributed by atoms with E-state index in [0.29, 0.717) is 30.9 Å². The first-order chi connectivity index (χ1) is 19.9. The molecule has 11 heteroatoms. The molecule has 0 radical (unpaired) electrons. The summed E-state index contributed by atoms with van der Waals surface area (Å²) >= 11 is 1.72. The molecule has 1 aliphatic carbocycles. The molecule has 0 bridgehead atoms. The van der Waals surface area contributed by atoms with Gasteiger partial charge in [-0.1, -0.05) is 30.5 Å². The smallest absolute Gasteiger partial charge is 0.338 e. The van der Waals surface area contributed by atoms with Gasteiger partial charge in [0, 0.05) is 38.0 Å². The molecule has 2 aliphatic rings. The van der Waals surface area contributed by atoms with Crippen molar-refractivity contribution in [1.29, 1.82) is 0 Å². The standard InChI is InChI=1S/C30H34F2N4O4S/c1-2-39-30(38)22-10-8-21(9-11-22)20-41-35-14-12-34(13-15-35)27-19-33-36(25-17-23(31)16-24(32)18-25)29(37)28(27)40-26-6-4-3-5-7-26/h8-11,16-19,26H,2-7,12-15,20H2,1H3. The molecule has 0 spiro atoms. The summed E-state index contributed by atoms with van der Waals surface area (Å²) in [5.41, 5.74) is 1.74. The maximum Gasteiger partial charge on any atom is 0.338 e. The highest BCUT2D eigenvalue weighted by Crippen LogP contribution is 2.31. The van der Waals surface area contributed by atoms with Gasteiger partial charge in [0.15, 0.2) is 0 Å². The van der Waals surface area contributed by atoms with Crippen molar-refractivity contribution in [2.45, 2.75) is 50.9 Å². The average Bonchev–Trinajstić information content (AvgIpc) is 2.98. The Morgan fingerprint density at radius 2 is 1.68 bits per heavy atom. The fourth-order valence-corrected chi connectivity index (χ4v) is 6.08. The first kappa shape index (κ1) is 29.1. The first-order valence-electron chi connectivity index (χ1n) is 14.1. The van der Waals surface area contributed by atoms with Gasteiger partial charge >= 0.3 is 11.5 Å². The number of piperazine rings is 1. The van der Waals surface area contributed by atoms with Crippen molar-refractivity contribution in [2.24, 2.45) is 0 Å². The zero-order chi connectivity index (χ0) is 28.8. The van der Waals surface area contributed by atoms with Crippen molar-refractivity contribution in [3.63, 3.8) is 0 Å². The molecule has 3 aromatic rings. The lowest BCUT2D eigenvalue weighted by atomic mass is 9.98. The van der Waals surface area contributed by atoms with Crippen LogP contribution in [0.1, 0.15) is 54.9 Å². The van der Waals surface area contributed by atoms with Gasteiger partial charge in [0.25, 0.3) is 0 Å². The van der Waals surface area contributed by atoms with Crippen molar-refractivity contribution in [3.8, 4) is 11.4 Å². The Hall–Kier alpha value is -3.44. The van der Waals surface area contributed by atoms with Crippen LogP contribution in [0.3, 0.4) is 0 Å². The van der Waals surface area contributed by atoms with E-state index in [1.165, 1.54) is 0 Å². The van der Waals surface area contributed by atoms with Crippen molar-refractivity contribution < 1.29 is 23.0 Å². The topological polar surface area (TPSA) is 76.9 Å². The van der Waals surface area contributed by atoms with E-state index in [-0.39, 0.29) is 23.5 Å². The Morgan fingerprint density at radius 1 is 1.00 bits per heavy atom. The molecule has 0 unspecified atom stereocenters. The van der Waals surface area contributed by atoms with E-state index in [2.05, 4.69) is 14.3 Å². The van der Waals surface area contributed by atoms with Gasteiger partial charge in [0.2, 0.25) is 5.75 Å². The van der Waals surface area contributed by atoms with Gasteiger partial charge in [0.05, 0.1) is 30.2 Å². The molecule has 5 rings (SSSR count). The third-order valence-electron chi connectivity index (χ3n) is 7.30. The lowest BCUT2D eigenvalue weighted by Gasteiger charge is -2.36. The summed E-state index contributed by atoms with van der Waals surface area (Å²) in [6.07, 6.45) is 6.43. The summed E-state index contributed by atoms with van der Waals surface area (Å²) in [6.45, 7) is 4.97. The van der Waals surface area contributed by atoms with E-state index in [4.69, 9.17) is 9.47 Å². The van der Waals surface area contributed by atoms with Crippen LogP contribution in [-0.4, -0.2) is 58.9 Å². The van der Waals surface area contributed by atoms with Crippen LogP contribution < -0.4 is 15.2 Å². The molecule has 0 N–H and O–H groups in total. The molecule has 0 atom stereocenters. The summed E-state index contributed by atoms with van der Waals surface area (Å²) in [6, 6.07) is 10.4. The number of benzene rings is 2. The van der Waals surface area contributed by atoms with Crippen molar-refractivity contribution in [1.82, 2.24) is 14.1 Å². The first-order valence-corrected chi connectivity index (χ1v) is 15.0. The number of halogens is 2. The van der Waals surface area contributed by atoms with E-state index in [0.717, 1.165) is 79.4 Å². The van der Waals surface area contributed by atoms with Gasteiger partial charge in [-0.15, -0.1) is 0 Å². The van der Waals surface area contributed by atoms with E-state index >= 15 is 0 Å². The van der Waals surface area contributed by atoms with Crippen LogP contribution in [-0.2, 0) is 10.5 Å². The highest BCUT2D eigenvalue weighted by atomic mass is 32.2. The van der Waals surface area contributed by atoms with Gasteiger partial charge in [-0.3, -0.25) is 4.79 Å². The second-order valence-corrected chi connectivity index (χ2v) is 11.3. The van der Waals surface area contributed by atoms with Crippen LogP contribution in [0.25, 0.3) is 5.69 Å². The maximum absolute atomic E-state index is 13.9. The monoisotopic (exact) mass is 584 g/mol. The Bertz CT molecular complexity index is 1380. The molecule has 1 aliphatic heterocycles. The number of nitrogens with zero attached hydrogens (tertiary/aromatic N) is 4. The number of esters is 1. The molecule has 1 saturated carbocycles. The number of hydrogen-bond acceptors (Lipinski definition) is 8. The molecule has 218 valence electrons. The fraction of sp³-hybridized carbons (Fsp3) is 0.433. The van der Waals surface area contributed by atoms with Crippen molar-refractivity contribution >= 4 is 23.6 Å². The Morgan fingerprint density at radius 3 is 2.34 bits per heavy atom. The molecule has 0 amide bonds. The zero-order valence-electron chi connectivity index (χ0n) is 23.1. The van der Waals surface area contributed by atoms with Crippen LogP contribution in [0.15, 0.2) is 53.5 Å².